The monoisotopic (exact) mass is 368 g/mol. The van der Waals surface area contributed by atoms with E-state index in [4.69, 9.17) is 4.74 Å². The van der Waals surface area contributed by atoms with Crippen molar-refractivity contribution < 1.29 is 14.3 Å². The van der Waals surface area contributed by atoms with Gasteiger partial charge in [-0.15, -0.1) is 11.3 Å². The summed E-state index contributed by atoms with van der Waals surface area (Å²) in [6, 6.07) is 0. The Balaban J connectivity index is 1.81. The molecule has 2 saturated heterocycles. The number of fused-ring (bicyclic) bond motifs is 5. The number of carbonyl (C=O) groups is 2. The molecule has 2 bridgehead atoms. The Hall–Kier alpha value is -0.520. The van der Waals surface area contributed by atoms with Gasteiger partial charge in [0.1, 0.15) is 5.92 Å². The fourth-order valence-electron chi connectivity index (χ4n) is 4.49. The zero-order valence-corrected chi connectivity index (χ0v) is 14.4. The van der Waals surface area contributed by atoms with E-state index in [1.54, 1.807) is 11.3 Å². The molecule has 5 atom stereocenters. The van der Waals surface area contributed by atoms with Gasteiger partial charge in [0.15, 0.2) is 11.6 Å². The van der Waals surface area contributed by atoms with Gasteiger partial charge in [-0.2, -0.15) is 0 Å². The molecule has 3 fully saturated rings. The number of carbonyl (C=O) groups excluding carboxylic acids is 2. The van der Waals surface area contributed by atoms with Crippen LogP contribution in [0.3, 0.4) is 0 Å². The molecule has 1 saturated carbocycles. The summed E-state index contributed by atoms with van der Waals surface area (Å²) >= 11 is 5.22. The van der Waals surface area contributed by atoms with Gasteiger partial charge in [-0.1, -0.05) is 6.92 Å². The molecule has 0 amide bonds. The van der Waals surface area contributed by atoms with Crippen molar-refractivity contribution in [3.8, 4) is 0 Å². The maximum absolute atomic E-state index is 12.9. The maximum atomic E-state index is 12.9. The highest BCUT2D eigenvalue weighted by Gasteiger charge is 2.63. The highest BCUT2D eigenvalue weighted by atomic mass is 79.9. The van der Waals surface area contributed by atoms with Crippen molar-refractivity contribution in [2.45, 2.75) is 51.2 Å². The van der Waals surface area contributed by atoms with Gasteiger partial charge in [-0.25, -0.2) is 0 Å². The minimum absolute atomic E-state index is 0.00564. The zero-order valence-electron chi connectivity index (χ0n) is 12.0. The van der Waals surface area contributed by atoms with Crippen molar-refractivity contribution in [2.24, 2.45) is 11.8 Å². The van der Waals surface area contributed by atoms with Crippen molar-refractivity contribution in [2.75, 3.05) is 0 Å². The molecule has 112 valence electrons. The Bertz CT molecular complexity index is 622. The summed E-state index contributed by atoms with van der Waals surface area (Å²) in [4.78, 5) is 26.9. The van der Waals surface area contributed by atoms with Crippen LogP contribution < -0.4 is 0 Å². The summed E-state index contributed by atoms with van der Waals surface area (Å²) in [6.07, 6.45) is 2.70. The van der Waals surface area contributed by atoms with Crippen LogP contribution in [0.1, 0.15) is 41.7 Å². The quantitative estimate of drug-likeness (QED) is 0.751. The van der Waals surface area contributed by atoms with E-state index in [9.17, 15) is 9.59 Å². The van der Waals surface area contributed by atoms with E-state index in [1.165, 1.54) is 0 Å². The average molecular weight is 369 g/mol. The highest BCUT2D eigenvalue weighted by Crippen LogP contribution is 2.54. The predicted molar refractivity (Wildman–Crippen MR) is 83.8 cm³/mol. The molecular formula is C16H17BrO3S. The molecule has 21 heavy (non-hydrogen) atoms. The lowest BCUT2D eigenvalue weighted by Crippen LogP contribution is -2.29. The smallest absolute Gasteiger partial charge is 0.154 e. The fraction of sp³-hybridized carbons (Fsp3) is 0.625. The van der Waals surface area contributed by atoms with Gasteiger partial charge < -0.3 is 4.74 Å². The van der Waals surface area contributed by atoms with Crippen molar-refractivity contribution in [3.05, 3.63) is 19.8 Å². The maximum Gasteiger partial charge on any atom is 0.154 e. The fourth-order valence-corrected chi connectivity index (χ4v) is 6.71. The van der Waals surface area contributed by atoms with Crippen LogP contribution >= 0.6 is 27.3 Å². The van der Waals surface area contributed by atoms with Crippen LogP contribution in [0.2, 0.25) is 0 Å². The number of ether oxygens (including phenoxy) is 1. The molecular weight excluding hydrogens is 352 g/mol. The third-order valence-corrected chi connectivity index (χ3v) is 7.24. The SMILES string of the molecule is CCc1c(Br)sc(C)c1C1C(=O)[C@@H]2C3CCC(O3)[C@@H]2C1=O. The Kier molecular flexibility index (Phi) is 3.18. The minimum Gasteiger partial charge on any atom is -0.373 e. The second-order valence-electron chi connectivity index (χ2n) is 6.26. The Labute approximate surface area is 136 Å². The largest absolute Gasteiger partial charge is 0.373 e. The number of hydrogen-bond acceptors (Lipinski definition) is 4. The molecule has 5 heteroatoms. The van der Waals surface area contributed by atoms with Crippen LogP contribution in [-0.4, -0.2) is 23.8 Å². The summed E-state index contributed by atoms with van der Waals surface area (Å²) in [7, 11) is 0. The Morgan fingerprint density at radius 2 is 1.76 bits per heavy atom. The molecule has 0 N–H and O–H groups in total. The van der Waals surface area contributed by atoms with Crippen molar-refractivity contribution >= 4 is 38.8 Å². The topological polar surface area (TPSA) is 43.4 Å². The van der Waals surface area contributed by atoms with Gasteiger partial charge in [0.05, 0.1) is 27.8 Å². The number of hydrogen-bond donors (Lipinski definition) is 0. The first-order chi connectivity index (χ1) is 10.0. The molecule has 0 radical (unpaired) electrons. The predicted octanol–water partition coefficient (Wildman–Crippen LogP) is 3.41. The normalized spacial score (nSPS) is 37.6. The van der Waals surface area contributed by atoms with Gasteiger partial charge in [-0.05, 0) is 53.2 Å². The molecule has 3 unspecified atom stereocenters. The molecule has 0 spiro atoms. The third-order valence-electron chi connectivity index (χ3n) is 5.33. The molecule has 4 rings (SSSR count). The molecule has 3 heterocycles. The molecule has 2 aliphatic heterocycles. The van der Waals surface area contributed by atoms with Gasteiger partial charge in [-0.3, -0.25) is 9.59 Å². The van der Waals surface area contributed by atoms with Crippen LogP contribution in [0.15, 0.2) is 3.79 Å². The van der Waals surface area contributed by atoms with Gasteiger partial charge >= 0.3 is 0 Å². The summed E-state index contributed by atoms with van der Waals surface area (Å²) < 4.78 is 6.87. The van der Waals surface area contributed by atoms with E-state index < -0.39 is 5.92 Å². The molecule has 1 aromatic rings. The van der Waals surface area contributed by atoms with E-state index in [2.05, 4.69) is 22.9 Å². The minimum atomic E-state index is -0.538. The molecule has 1 aromatic heterocycles. The Morgan fingerprint density at radius 1 is 1.19 bits per heavy atom. The van der Waals surface area contributed by atoms with Gasteiger partial charge in [0.2, 0.25) is 0 Å². The van der Waals surface area contributed by atoms with E-state index in [1.807, 2.05) is 6.92 Å². The van der Waals surface area contributed by atoms with Crippen LogP contribution in [-0.2, 0) is 20.7 Å². The van der Waals surface area contributed by atoms with E-state index in [-0.39, 0.29) is 35.6 Å². The number of thiophene rings is 1. The average Bonchev–Trinajstić information content (AvgIpc) is 3.15. The number of rotatable bonds is 2. The second-order valence-corrected chi connectivity index (χ2v) is 8.80. The van der Waals surface area contributed by atoms with Crippen LogP contribution in [0.4, 0.5) is 0 Å². The first-order valence-electron chi connectivity index (χ1n) is 7.55. The lowest BCUT2D eigenvalue weighted by molar-refractivity contribution is -0.127. The van der Waals surface area contributed by atoms with E-state index in [0.29, 0.717) is 0 Å². The third kappa shape index (κ3) is 1.74. The van der Waals surface area contributed by atoms with Crippen molar-refractivity contribution in [3.63, 3.8) is 0 Å². The number of halogens is 1. The summed E-state index contributed by atoms with van der Waals surface area (Å²) in [5, 5.41) is 0. The summed E-state index contributed by atoms with van der Waals surface area (Å²) in [5.74, 6) is -0.668. The van der Waals surface area contributed by atoms with Gasteiger partial charge in [0, 0.05) is 4.88 Å². The molecule has 1 aliphatic carbocycles. The summed E-state index contributed by atoms with van der Waals surface area (Å²) in [6.45, 7) is 4.09. The molecule has 0 aromatic carbocycles. The standard InChI is InChI=1S/C16H17BrO3S/c1-3-7-10(6(2)21-16(7)17)13-14(18)11-8-4-5-9(20-8)12(11)15(13)19/h8-9,11-13H,3-5H2,1-2H3/t8?,9?,11-,12+,13?. The van der Waals surface area contributed by atoms with Crippen molar-refractivity contribution in [1.82, 2.24) is 0 Å². The zero-order chi connectivity index (χ0) is 14.9. The van der Waals surface area contributed by atoms with E-state index >= 15 is 0 Å². The lowest BCUT2D eigenvalue weighted by Gasteiger charge is -2.16. The number of Topliss-reactive ketones (excluding diaryl/α,β-unsaturated/α-hetero) is 2. The second kappa shape index (κ2) is 4.74. The number of aryl methyl sites for hydroxylation is 1. The van der Waals surface area contributed by atoms with Gasteiger partial charge in [0.25, 0.3) is 0 Å². The first-order valence-corrected chi connectivity index (χ1v) is 9.16. The molecule has 3 nitrogen and oxygen atoms in total. The highest BCUT2D eigenvalue weighted by molar-refractivity contribution is 9.11. The molecule has 3 aliphatic rings. The Morgan fingerprint density at radius 3 is 2.29 bits per heavy atom. The van der Waals surface area contributed by atoms with E-state index in [0.717, 1.165) is 39.1 Å². The van der Waals surface area contributed by atoms with Crippen LogP contribution in [0, 0.1) is 18.8 Å². The van der Waals surface area contributed by atoms with Crippen molar-refractivity contribution in [1.29, 1.82) is 0 Å². The first kappa shape index (κ1) is 14.1. The van der Waals surface area contributed by atoms with Crippen LogP contribution in [0.5, 0.6) is 0 Å². The summed E-state index contributed by atoms with van der Waals surface area (Å²) in [5.41, 5.74) is 2.12. The lowest BCUT2D eigenvalue weighted by atomic mass is 9.81. The van der Waals surface area contributed by atoms with Crippen LogP contribution in [0.25, 0.3) is 0 Å². The number of ketones is 2.